The Morgan fingerprint density at radius 1 is 1.38 bits per heavy atom. The summed E-state index contributed by atoms with van der Waals surface area (Å²) in [6, 6.07) is 3.48. The molecular weight excluding hydrogens is 318 g/mol. The Labute approximate surface area is 126 Å². The van der Waals surface area contributed by atoms with Crippen LogP contribution < -0.4 is 4.72 Å². The van der Waals surface area contributed by atoms with E-state index < -0.39 is 16.0 Å². The highest BCUT2D eigenvalue weighted by Gasteiger charge is 2.20. The maximum Gasteiger partial charge on any atom is 0.337 e. The molecule has 2 aromatic rings. The molecule has 0 aliphatic rings. The van der Waals surface area contributed by atoms with Crippen LogP contribution in [-0.2, 0) is 10.0 Å². The van der Waals surface area contributed by atoms with Gasteiger partial charge in [-0.25, -0.2) is 13.2 Å². The number of anilines is 1. The van der Waals surface area contributed by atoms with Crippen molar-refractivity contribution in [2.24, 2.45) is 0 Å². The first-order valence-corrected chi connectivity index (χ1v) is 7.65. The molecular formula is C12H12ClN3O4S. The second kappa shape index (κ2) is 5.38. The van der Waals surface area contributed by atoms with E-state index in [-0.39, 0.29) is 15.5 Å². The molecule has 2 rings (SSSR count). The normalized spacial score (nSPS) is 11.4. The summed E-state index contributed by atoms with van der Waals surface area (Å²) in [6.45, 7) is 3.31. The van der Waals surface area contributed by atoms with Gasteiger partial charge in [-0.3, -0.25) is 9.82 Å². The first-order chi connectivity index (χ1) is 9.72. The largest absolute Gasteiger partial charge is 0.478 e. The lowest BCUT2D eigenvalue weighted by Crippen LogP contribution is -2.15. The van der Waals surface area contributed by atoms with E-state index in [4.69, 9.17) is 16.7 Å². The molecule has 3 N–H and O–H groups in total. The van der Waals surface area contributed by atoms with Crippen LogP contribution in [0.1, 0.15) is 21.7 Å². The van der Waals surface area contributed by atoms with Crippen LogP contribution in [0.3, 0.4) is 0 Å². The number of rotatable bonds is 4. The molecule has 0 unspecified atom stereocenters. The van der Waals surface area contributed by atoms with Gasteiger partial charge in [0.1, 0.15) is 0 Å². The third-order valence-electron chi connectivity index (χ3n) is 2.84. The lowest BCUT2D eigenvalue weighted by Gasteiger charge is -2.09. The number of sulfonamides is 1. The zero-order valence-corrected chi connectivity index (χ0v) is 12.7. The summed E-state index contributed by atoms with van der Waals surface area (Å²) in [7, 11) is -3.93. The number of aromatic carboxylic acids is 1. The van der Waals surface area contributed by atoms with Gasteiger partial charge in [0.15, 0.2) is 0 Å². The van der Waals surface area contributed by atoms with Crippen molar-refractivity contribution in [1.82, 2.24) is 10.2 Å². The van der Waals surface area contributed by atoms with E-state index in [2.05, 4.69) is 14.9 Å². The Morgan fingerprint density at radius 2 is 2.05 bits per heavy atom. The molecule has 0 spiro atoms. The number of H-pyrrole nitrogens is 1. The van der Waals surface area contributed by atoms with Crippen LogP contribution in [0.5, 0.6) is 0 Å². The van der Waals surface area contributed by atoms with Crippen LogP contribution in [0.4, 0.5) is 5.69 Å². The van der Waals surface area contributed by atoms with E-state index in [0.29, 0.717) is 17.1 Å². The third-order valence-corrected chi connectivity index (χ3v) is 4.52. The second-order valence-corrected chi connectivity index (χ2v) is 6.45. The number of aryl methyl sites for hydroxylation is 2. The minimum Gasteiger partial charge on any atom is -0.478 e. The third kappa shape index (κ3) is 3.01. The van der Waals surface area contributed by atoms with Gasteiger partial charge in [0.2, 0.25) is 0 Å². The van der Waals surface area contributed by atoms with Gasteiger partial charge >= 0.3 is 5.97 Å². The predicted molar refractivity (Wildman–Crippen MR) is 77.3 cm³/mol. The summed E-state index contributed by atoms with van der Waals surface area (Å²) in [5, 5.41) is 15.5. The number of halogens is 1. The number of aromatic amines is 1. The van der Waals surface area contributed by atoms with Crippen LogP contribution in [0.15, 0.2) is 23.1 Å². The van der Waals surface area contributed by atoms with Crippen molar-refractivity contribution in [3.8, 4) is 0 Å². The van der Waals surface area contributed by atoms with Crippen LogP contribution >= 0.6 is 11.6 Å². The van der Waals surface area contributed by atoms with Crippen molar-refractivity contribution < 1.29 is 18.3 Å². The second-order valence-electron chi connectivity index (χ2n) is 4.36. The van der Waals surface area contributed by atoms with Crippen molar-refractivity contribution in [2.45, 2.75) is 18.7 Å². The molecule has 0 aliphatic heterocycles. The highest BCUT2D eigenvalue weighted by molar-refractivity contribution is 7.92. The van der Waals surface area contributed by atoms with E-state index in [1.165, 1.54) is 12.1 Å². The van der Waals surface area contributed by atoms with Crippen LogP contribution in [0.2, 0.25) is 5.02 Å². The van der Waals surface area contributed by atoms with Crippen molar-refractivity contribution in [1.29, 1.82) is 0 Å². The fourth-order valence-electron chi connectivity index (χ4n) is 1.73. The van der Waals surface area contributed by atoms with E-state index in [9.17, 15) is 13.2 Å². The molecule has 9 heteroatoms. The Balaban J connectivity index is 2.45. The monoisotopic (exact) mass is 329 g/mol. The number of nitrogens with zero attached hydrogens (tertiary/aromatic N) is 1. The molecule has 7 nitrogen and oxygen atoms in total. The highest BCUT2D eigenvalue weighted by Crippen LogP contribution is 2.24. The van der Waals surface area contributed by atoms with Gasteiger partial charge in [0.25, 0.3) is 10.0 Å². The van der Waals surface area contributed by atoms with Gasteiger partial charge in [-0.15, -0.1) is 0 Å². The number of nitrogens with one attached hydrogen (secondary N) is 2. The summed E-state index contributed by atoms with van der Waals surface area (Å²) in [5.74, 6) is -1.30. The Morgan fingerprint density at radius 3 is 2.57 bits per heavy atom. The maximum absolute atomic E-state index is 12.3. The van der Waals surface area contributed by atoms with Gasteiger partial charge in [0, 0.05) is 0 Å². The minimum atomic E-state index is -3.93. The van der Waals surface area contributed by atoms with E-state index in [0.717, 1.165) is 6.07 Å². The minimum absolute atomic E-state index is 0.0304. The molecule has 0 aliphatic carbocycles. The molecule has 0 saturated heterocycles. The number of benzene rings is 1. The molecule has 0 bridgehead atoms. The number of hydrogen-bond donors (Lipinski definition) is 3. The summed E-state index contributed by atoms with van der Waals surface area (Å²) in [6.07, 6.45) is 0. The molecule has 1 heterocycles. The molecule has 112 valence electrons. The van der Waals surface area contributed by atoms with Gasteiger partial charge < -0.3 is 5.11 Å². The van der Waals surface area contributed by atoms with E-state index >= 15 is 0 Å². The van der Waals surface area contributed by atoms with Crippen molar-refractivity contribution >= 4 is 33.3 Å². The van der Waals surface area contributed by atoms with Crippen LogP contribution in [-0.4, -0.2) is 29.7 Å². The average molecular weight is 330 g/mol. The molecule has 0 fully saturated rings. The number of hydrogen-bond acceptors (Lipinski definition) is 4. The molecule has 0 saturated carbocycles. The summed E-state index contributed by atoms with van der Waals surface area (Å²) >= 11 is 5.72. The standard InChI is InChI=1S/C12H12ClN3O4S/c1-6-11(7(2)15-14-6)16-21(19,20)8-3-4-10(13)9(5-8)12(17)18/h3-5,16H,1-2H3,(H,14,15)(H,17,18). The molecule has 1 aromatic carbocycles. The predicted octanol–water partition coefficient (Wildman–Crippen LogP) is 2.18. The van der Waals surface area contributed by atoms with Crippen LogP contribution in [0, 0.1) is 13.8 Å². The van der Waals surface area contributed by atoms with E-state index in [1.54, 1.807) is 13.8 Å². The molecule has 0 radical (unpaired) electrons. The quantitative estimate of drug-likeness (QED) is 0.795. The zero-order chi connectivity index (χ0) is 15.8. The topological polar surface area (TPSA) is 112 Å². The molecule has 0 atom stereocenters. The van der Waals surface area contributed by atoms with Gasteiger partial charge in [-0.2, -0.15) is 5.10 Å². The summed E-state index contributed by atoms with van der Waals surface area (Å²) < 4.78 is 27.0. The van der Waals surface area contributed by atoms with Gasteiger partial charge in [-0.1, -0.05) is 11.6 Å². The fraction of sp³-hybridized carbons (Fsp3) is 0.167. The Hall–Kier alpha value is -2.06. The number of aromatic nitrogens is 2. The Kier molecular flexibility index (Phi) is 3.93. The van der Waals surface area contributed by atoms with Crippen molar-refractivity contribution in [2.75, 3.05) is 4.72 Å². The molecule has 1 aromatic heterocycles. The average Bonchev–Trinajstić information content (AvgIpc) is 2.70. The van der Waals surface area contributed by atoms with Gasteiger partial charge in [-0.05, 0) is 32.0 Å². The summed E-state index contributed by atoms with van der Waals surface area (Å²) in [4.78, 5) is 10.8. The van der Waals surface area contributed by atoms with E-state index in [1.807, 2.05) is 0 Å². The van der Waals surface area contributed by atoms with Gasteiger partial charge in [0.05, 0.1) is 32.6 Å². The first kappa shape index (κ1) is 15.3. The fourth-order valence-corrected chi connectivity index (χ4v) is 3.14. The van der Waals surface area contributed by atoms with Crippen molar-refractivity contribution in [3.05, 3.63) is 40.2 Å². The van der Waals surface area contributed by atoms with Crippen molar-refractivity contribution in [3.63, 3.8) is 0 Å². The first-order valence-electron chi connectivity index (χ1n) is 5.79. The number of carbonyl (C=O) groups is 1. The smallest absolute Gasteiger partial charge is 0.337 e. The molecule has 21 heavy (non-hydrogen) atoms. The lowest BCUT2D eigenvalue weighted by molar-refractivity contribution is 0.0697. The lowest BCUT2D eigenvalue weighted by atomic mass is 10.2. The maximum atomic E-state index is 12.3. The zero-order valence-electron chi connectivity index (χ0n) is 11.1. The SMILES string of the molecule is Cc1n[nH]c(C)c1NS(=O)(=O)c1ccc(Cl)c(C(=O)O)c1. The Bertz CT molecular complexity index is 794. The molecule has 0 amide bonds. The van der Waals surface area contributed by atoms with Crippen LogP contribution in [0.25, 0.3) is 0 Å². The summed E-state index contributed by atoms with van der Waals surface area (Å²) in [5.41, 5.74) is 1.11. The number of carboxylic acids is 1. The highest BCUT2D eigenvalue weighted by atomic mass is 35.5. The number of carboxylic acid groups (broad SMARTS) is 1.